The molecule has 0 saturated heterocycles. The van der Waals surface area contributed by atoms with Gasteiger partial charge in [0.05, 0.1) is 24.8 Å². The summed E-state index contributed by atoms with van der Waals surface area (Å²) in [7, 11) is 0.159. The Labute approximate surface area is 230 Å². The van der Waals surface area contributed by atoms with Gasteiger partial charge in [0.15, 0.2) is 11.5 Å². The van der Waals surface area contributed by atoms with E-state index in [1.807, 2.05) is 38.1 Å². The predicted octanol–water partition coefficient (Wildman–Crippen LogP) is 3.76. The number of carbonyl (C=O) groups is 2. The fourth-order valence-corrected chi connectivity index (χ4v) is 5.63. The Hall–Kier alpha value is -4.05. The minimum atomic E-state index is -4.23. The van der Waals surface area contributed by atoms with E-state index in [9.17, 15) is 18.0 Å². The topological polar surface area (TPSA) is 105 Å². The number of para-hydroxylation sites is 1. The van der Waals surface area contributed by atoms with E-state index in [1.165, 1.54) is 44.4 Å². The number of likely N-dealkylation sites (N-methyl/N-ethyl adjacent to an activating group) is 1. The van der Waals surface area contributed by atoms with Crippen molar-refractivity contribution in [1.82, 2.24) is 10.2 Å². The summed E-state index contributed by atoms with van der Waals surface area (Å²) in [5.74, 6) is -0.227. The number of benzene rings is 3. The van der Waals surface area contributed by atoms with Crippen molar-refractivity contribution in [3.05, 3.63) is 83.9 Å². The second-order valence-corrected chi connectivity index (χ2v) is 10.8. The molecule has 0 aliphatic carbocycles. The van der Waals surface area contributed by atoms with Crippen molar-refractivity contribution in [2.24, 2.45) is 0 Å². The molecule has 0 bridgehead atoms. The van der Waals surface area contributed by atoms with E-state index in [4.69, 9.17) is 9.47 Å². The van der Waals surface area contributed by atoms with Crippen molar-refractivity contribution < 1.29 is 27.5 Å². The zero-order chi connectivity index (χ0) is 28.6. The van der Waals surface area contributed by atoms with Gasteiger partial charge in [-0.3, -0.25) is 13.9 Å². The summed E-state index contributed by atoms with van der Waals surface area (Å²) in [6.07, 6.45) is 0.352. The van der Waals surface area contributed by atoms with Crippen LogP contribution in [0.2, 0.25) is 0 Å². The first-order valence-corrected chi connectivity index (χ1v) is 14.0. The number of amides is 2. The van der Waals surface area contributed by atoms with Gasteiger partial charge in [-0.1, -0.05) is 55.0 Å². The van der Waals surface area contributed by atoms with E-state index in [2.05, 4.69) is 5.32 Å². The van der Waals surface area contributed by atoms with Gasteiger partial charge in [0, 0.05) is 19.7 Å². The third-order valence-corrected chi connectivity index (χ3v) is 8.14. The highest BCUT2D eigenvalue weighted by atomic mass is 32.2. The van der Waals surface area contributed by atoms with Crippen LogP contribution in [0.3, 0.4) is 0 Å². The molecule has 3 aromatic rings. The number of sulfonamides is 1. The highest BCUT2D eigenvalue weighted by molar-refractivity contribution is 7.92. The lowest BCUT2D eigenvalue weighted by molar-refractivity contribution is -0.140. The Morgan fingerprint density at radius 1 is 0.923 bits per heavy atom. The number of hydrogen-bond donors (Lipinski definition) is 1. The van der Waals surface area contributed by atoms with Crippen LogP contribution in [0.4, 0.5) is 5.69 Å². The van der Waals surface area contributed by atoms with Crippen LogP contribution in [-0.2, 0) is 26.2 Å². The number of ether oxygens (including phenoxy) is 2. The lowest BCUT2D eigenvalue weighted by Gasteiger charge is -2.33. The molecule has 0 aromatic heterocycles. The van der Waals surface area contributed by atoms with Crippen molar-refractivity contribution in [1.29, 1.82) is 0 Å². The largest absolute Gasteiger partial charge is 0.493 e. The molecule has 0 heterocycles. The highest BCUT2D eigenvalue weighted by Crippen LogP contribution is 2.32. The van der Waals surface area contributed by atoms with Crippen molar-refractivity contribution in [3.63, 3.8) is 0 Å². The number of carbonyl (C=O) groups excluding carboxylic acids is 2. The van der Waals surface area contributed by atoms with E-state index in [0.29, 0.717) is 17.9 Å². The molecule has 1 N–H and O–H groups in total. The average Bonchev–Trinajstić information content (AvgIpc) is 2.96. The molecular formula is C29H35N3O6S. The summed E-state index contributed by atoms with van der Waals surface area (Å²) in [5.41, 5.74) is 2.19. The lowest BCUT2D eigenvalue weighted by atomic mass is 10.1. The number of nitrogens with one attached hydrogen (secondary N) is 1. The third-order valence-electron chi connectivity index (χ3n) is 6.37. The Balaban J connectivity index is 2.06. The Morgan fingerprint density at radius 3 is 2.13 bits per heavy atom. The molecule has 3 rings (SSSR count). The van der Waals surface area contributed by atoms with Gasteiger partial charge in [-0.05, 0) is 43.2 Å². The van der Waals surface area contributed by atoms with E-state index >= 15 is 0 Å². The minimum Gasteiger partial charge on any atom is -0.493 e. The summed E-state index contributed by atoms with van der Waals surface area (Å²) in [6.45, 7) is 3.40. The predicted molar refractivity (Wildman–Crippen MR) is 150 cm³/mol. The zero-order valence-corrected chi connectivity index (χ0v) is 23.7. The molecular weight excluding hydrogens is 518 g/mol. The second kappa shape index (κ2) is 13.1. The normalized spacial score (nSPS) is 11.8. The SMILES string of the molecule is CC[C@H](C(=O)NC)N(Cc1ccc(C)cc1)C(=O)CN(c1ccccc1)S(=O)(=O)c1ccc(OC)c(OC)c1. The number of rotatable bonds is 12. The molecule has 0 aliphatic heterocycles. The molecule has 3 aromatic carbocycles. The number of hydrogen-bond acceptors (Lipinski definition) is 6. The monoisotopic (exact) mass is 553 g/mol. The van der Waals surface area contributed by atoms with Crippen LogP contribution in [0, 0.1) is 6.92 Å². The van der Waals surface area contributed by atoms with Crippen LogP contribution in [0.15, 0.2) is 77.7 Å². The summed E-state index contributed by atoms with van der Waals surface area (Å²) < 4.78 is 39.5. The van der Waals surface area contributed by atoms with Gasteiger partial charge in [-0.15, -0.1) is 0 Å². The molecule has 208 valence electrons. The smallest absolute Gasteiger partial charge is 0.264 e. The van der Waals surface area contributed by atoms with Gasteiger partial charge in [0.25, 0.3) is 10.0 Å². The van der Waals surface area contributed by atoms with E-state index in [-0.39, 0.29) is 23.1 Å². The molecule has 10 heteroatoms. The summed E-state index contributed by atoms with van der Waals surface area (Å²) in [6, 6.07) is 19.5. The average molecular weight is 554 g/mol. The standard InChI is InChI=1S/C29H35N3O6S/c1-6-25(29(34)30-3)31(19-22-14-12-21(2)13-15-22)28(33)20-32(23-10-8-7-9-11-23)39(35,36)24-16-17-26(37-4)27(18-24)38-5/h7-18,25H,6,19-20H2,1-5H3,(H,30,34)/t25-/m1/s1. The van der Waals surface area contributed by atoms with Crippen molar-refractivity contribution >= 4 is 27.5 Å². The van der Waals surface area contributed by atoms with Crippen LogP contribution < -0.4 is 19.1 Å². The van der Waals surface area contributed by atoms with E-state index in [1.54, 1.807) is 30.3 Å². The van der Waals surface area contributed by atoms with Crippen molar-refractivity contribution in [3.8, 4) is 11.5 Å². The molecule has 0 saturated carbocycles. The third kappa shape index (κ3) is 6.88. The molecule has 39 heavy (non-hydrogen) atoms. The van der Waals surface area contributed by atoms with Gasteiger partial charge >= 0.3 is 0 Å². The molecule has 0 radical (unpaired) electrons. The number of aryl methyl sites for hydroxylation is 1. The Bertz CT molecular complexity index is 1380. The van der Waals surface area contributed by atoms with Crippen LogP contribution >= 0.6 is 0 Å². The second-order valence-electron chi connectivity index (χ2n) is 8.91. The number of anilines is 1. The molecule has 1 atom stereocenters. The van der Waals surface area contributed by atoms with Gasteiger partial charge < -0.3 is 19.7 Å². The first-order chi connectivity index (χ1) is 18.7. The van der Waals surface area contributed by atoms with E-state index < -0.39 is 28.5 Å². The number of nitrogens with zero attached hydrogens (tertiary/aromatic N) is 2. The van der Waals surface area contributed by atoms with Gasteiger partial charge in [-0.25, -0.2) is 8.42 Å². The van der Waals surface area contributed by atoms with Gasteiger partial charge in [0.2, 0.25) is 11.8 Å². The van der Waals surface area contributed by atoms with E-state index in [0.717, 1.165) is 15.4 Å². The van der Waals surface area contributed by atoms with Crippen LogP contribution in [-0.4, -0.2) is 59.0 Å². The van der Waals surface area contributed by atoms with Crippen molar-refractivity contribution in [2.75, 3.05) is 32.1 Å². The molecule has 0 fully saturated rings. The fraction of sp³-hybridized carbons (Fsp3) is 0.310. The van der Waals surface area contributed by atoms with Crippen LogP contribution in [0.5, 0.6) is 11.5 Å². The fourth-order valence-electron chi connectivity index (χ4n) is 4.20. The molecule has 9 nitrogen and oxygen atoms in total. The van der Waals surface area contributed by atoms with Crippen molar-refractivity contribution in [2.45, 2.75) is 37.8 Å². The maximum atomic E-state index is 14.0. The molecule has 0 unspecified atom stereocenters. The Morgan fingerprint density at radius 2 is 1.56 bits per heavy atom. The molecule has 0 spiro atoms. The summed E-state index contributed by atoms with van der Waals surface area (Å²) in [4.78, 5) is 28.1. The van der Waals surface area contributed by atoms with Crippen LogP contribution in [0.1, 0.15) is 24.5 Å². The summed E-state index contributed by atoms with van der Waals surface area (Å²) >= 11 is 0. The maximum absolute atomic E-state index is 14.0. The van der Waals surface area contributed by atoms with Gasteiger partial charge in [-0.2, -0.15) is 0 Å². The van der Waals surface area contributed by atoms with Crippen LogP contribution in [0.25, 0.3) is 0 Å². The quantitative estimate of drug-likeness (QED) is 0.366. The first-order valence-electron chi connectivity index (χ1n) is 12.5. The number of methoxy groups -OCH3 is 2. The Kier molecular flexibility index (Phi) is 9.95. The molecule has 2 amide bonds. The first kappa shape index (κ1) is 29.5. The van der Waals surface area contributed by atoms with Gasteiger partial charge in [0.1, 0.15) is 12.6 Å². The maximum Gasteiger partial charge on any atom is 0.264 e. The minimum absolute atomic E-state index is 0.0692. The molecule has 0 aliphatic rings. The lowest BCUT2D eigenvalue weighted by Crippen LogP contribution is -2.51. The zero-order valence-electron chi connectivity index (χ0n) is 22.9. The summed E-state index contributed by atoms with van der Waals surface area (Å²) in [5, 5.41) is 2.62. The highest BCUT2D eigenvalue weighted by Gasteiger charge is 2.33.